The van der Waals surface area contributed by atoms with Gasteiger partial charge in [-0.1, -0.05) is 18.2 Å². The maximum Gasteiger partial charge on any atom is 0.266 e. The first-order valence-electron chi connectivity index (χ1n) is 7.89. The molecule has 0 saturated heterocycles. The van der Waals surface area contributed by atoms with Crippen molar-refractivity contribution < 1.29 is 18.3 Å². The molecular weight excluding hydrogens is 358 g/mol. The van der Waals surface area contributed by atoms with Gasteiger partial charge in [-0.25, -0.2) is 13.8 Å². The van der Waals surface area contributed by atoms with E-state index < -0.39 is 17.7 Å². The summed E-state index contributed by atoms with van der Waals surface area (Å²) in [5.41, 5.74) is 0.951. The molecule has 1 amide bonds. The number of amides is 1. The van der Waals surface area contributed by atoms with Gasteiger partial charge < -0.3 is 4.74 Å². The Morgan fingerprint density at radius 3 is 2.58 bits per heavy atom. The van der Waals surface area contributed by atoms with Crippen molar-refractivity contribution in [1.29, 1.82) is 0 Å². The van der Waals surface area contributed by atoms with Crippen molar-refractivity contribution in [1.82, 2.24) is 4.98 Å². The summed E-state index contributed by atoms with van der Waals surface area (Å²) in [6.07, 6.45) is -0.715. The molecule has 0 saturated carbocycles. The summed E-state index contributed by atoms with van der Waals surface area (Å²) in [6.45, 7) is 3.44. The summed E-state index contributed by atoms with van der Waals surface area (Å²) >= 11 is 1.26. The Kier molecular flexibility index (Phi) is 5.27. The van der Waals surface area contributed by atoms with Gasteiger partial charge in [0.05, 0.1) is 5.69 Å². The molecule has 7 heteroatoms. The first-order chi connectivity index (χ1) is 12.4. The number of anilines is 1. The lowest BCUT2D eigenvalue weighted by Gasteiger charge is -2.13. The zero-order chi connectivity index (χ0) is 18.7. The van der Waals surface area contributed by atoms with Gasteiger partial charge in [0.25, 0.3) is 5.91 Å². The van der Waals surface area contributed by atoms with Crippen LogP contribution >= 0.6 is 11.3 Å². The number of carbonyl (C=O) groups is 1. The Morgan fingerprint density at radius 2 is 1.88 bits per heavy atom. The van der Waals surface area contributed by atoms with Crippen LogP contribution in [0.15, 0.2) is 48.5 Å². The van der Waals surface area contributed by atoms with Gasteiger partial charge in [-0.3, -0.25) is 10.1 Å². The fourth-order valence-corrected chi connectivity index (χ4v) is 3.16. The molecule has 1 atom stereocenters. The van der Waals surface area contributed by atoms with E-state index in [0.717, 1.165) is 17.0 Å². The number of carbonyl (C=O) groups excluding carboxylic acids is 1. The largest absolute Gasteiger partial charge is 0.481 e. The van der Waals surface area contributed by atoms with Gasteiger partial charge in [-0.2, -0.15) is 0 Å². The SMILES string of the molecule is Cc1sc(NC(=O)[C@H](C)Oc2ccccc2)nc1-c1ccc(F)c(F)c1. The lowest BCUT2D eigenvalue weighted by atomic mass is 10.1. The first-order valence-corrected chi connectivity index (χ1v) is 8.71. The van der Waals surface area contributed by atoms with E-state index in [9.17, 15) is 13.6 Å². The van der Waals surface area contributed by atoms with Crippen molar-refractivity contribution in [2.24, 2.45) is 0 Å². The molecule has 1 heterocycles. The molecule has 26 heavy (non-hydrogen) atoms. The molecule has 1 N–H and O–H groups in total. The van der Waals surface area contributed by atoms with Crippen LogP contribution in [0, 0.1) is 18.6 Å². The van der Waals surface area contributed by atoms with Gasteiger partial charge in [0.2, 0.25) is 0 Å². The van der Waals surface area contributed by atoms with E-state index in [1.807, 2.05) is 18.2 Å². The number of hydrogen-bond donors (Lipinski definition) is 1. The van der Waals surface area contributed by atoms with Crippen LogP contribution in [0.1, 0.15) is 11.8 Å². The number of nitrogens with one attached hydrogen (secondary N) is 1. The van der Waals surface area contributed by atoms with Gasteiger partial charge >= 0.3 is 0 Å². The number of halogens is 2. The quantitative estimate of drug-likeness (QED) is 0.698. The number of hydrogen-bond acceptors (Lipinski definition) is 4. The predicted octanol–water partition coefficient (Wildman–Crippen LogP) is 4.80. The monoisotopic (exact) mass is 374 g/mol. The number of para-hydroxylation sites is 1. The van der Waals surface area contributed by atoms with Gasteiger partial charge in [-0.05, 0) is 44.2 Å². The van der Waals surface area contributed by atoms with Gasteiger partial charge in [-0.15, -0.1) is 11.3 Å². The molecule has 2 aromatic carbocycles. The van der Waals surface area contributed by atoms with Crippen LogP contribution in [-0.2, 0) is 4.79 Å². The van der Waals surface area contributed by atoms with Crippen LogP contribution in [0.4, 0.5) is 13.9 Å². The highest BCUT2D eigenvalue weighted by Crippen LogP contribution is 2.31. The first kappa shape index (κ1) is 18.0. The summed E-state index contributed by atoms with van der Waals surface area (Å²) < 4.78 is 32.1. The van der Waals surface area contributed by atoms with Gasteiger partial charge in [0.1, 0.15) is 5.75 Å². The number of ether oxygens (including phenoxy) is 1. The van der Waals surface area contributed by atoms with Gasteiger partial charge in [0, 0.05) is 10.4 Å². The summed E-state index contributed by atoms with van der Waals surface area (Å²) in [4.78, 5) is 17.4. The minimum atomic E-state index is -0.939. The van der Waals surface area contributed by atoms with E-state index >= 15 is 0 Å². The van der Waals surface area contributed by atoms with Crippen LogP contribution in [0.2, 0.25) is 0 Å². The zero-order valence-electron chi connectivity index (χ0n) is 14.1. The van der Waals surface area contributed by atoms with Crippen LogP contribution < -0.4 is 10.1 Å². The maximum absolute atomic E-state index is 13.4. The van der Waals surface area contributed by atoms with Crippen molar-refractivity contribution in [3.8, 4) is 17.0 Å². The topological polar surface area (TPSA) is 51.2 Å². The molecule has 3 rings (SSSR count). The minimum Gasteiger partial charge on any atom is -0.481 e. The van der Waals surface area contributed by atoms with Crippen molar-refractivity contribution in [2.45, 2.75) is 20.0 Å². The lowest BCUT2D eigenvalue weighted by Crippen LogP contribution is -2.30. The molecule has 0 radical (unpaired) electrons. The molecule has 4 nitrogen and oxygen atoms in total. The molecule has 0 aliphatic heterocycles. The second kappa shape index (κ2) is 7.61. The number of benzene rings is 2. The fraction of sp³-hybridized carbons (Fsp3) is 0.158. The molecule has 0 fully saturated rings. The van der Waals surface area contributed by atoms with Crippen LogP contribution in [-0.4, -0.2) is 17.0 Å². The average molecular weight is 374 g/mol. The average Bonchev–Trinajstić information content (AvgIpc) is 2.98. The maximum atomic E-state index is 13.4. The van der Waals surface area contributed by atoms with E-state index in [1.165, 1.54) is 17.4 Å². The molecule has 134 valence electrons. The molecule has 3 aromatic rings. The van der Waals surface area contributed by atoms with E-state index in [4.69, 9.17) is 4.74 Å². The Labute approximate surface area is 153 Å². The zero-order valence-corrected chi connectivity index (χ0v) is 14.9. The Hall–Kier alpha value is -2.80. The standard InChI is InChI=1S/C19H16F2N2O2S/c1-11(25-14-6-4-3-5-7-14)18(24)23-19-22-17(12(2)26-19)13-8-9-15(20)16(21)10-13/h3-11H,1-2H3,(H,22,23,24)/t11-/m0/s1. The van der Waals surface area contributed by atoms with Crippen LogP contribution in [0.5, 0.6) is 5.75 Å². The van der Waals surface area contributed by atoms with Crippen LogP contribution in [0.3, 0.4) is 0 Å². The molecular formula is C19H16F2N2O2S. The van der Waals surface area contributed by atoms with E-state index in [0.29, 0.717) is 22.1 Å². The van der Waals surface area contributed by atoms with Gasteiger partial charge in [0.15, 0.2) is 22.9 Å². The number of aryl methyl sites for hydroxylation is 1. The second-order valence-electron chi connectivity index (χ2n) is 5.62. The Bertz CT molecular complexity index is 929. The molecule has 1 aromatic heterocycles. The highest BCUT2D eigenvalue weighted by Gasteiger charge is 2.18. The third-order valence-corrected chi connectivity index (χ3v) is 4.53. The molecule has 0 aliphatic carbocycles. The minimum absolute atomic E-state index is 0.348. The van der Waals surface area contributed by atoms with E-state index in [-0.39, 0.29) is 5.91 Å². The lowest BCUT2D eigenvalue weighted by molar-refractivity contribution is -0.122. The van der Waals surface area contributed by atoms with Crippen molar-refractivity contribution in [3.05, 3.63) is 65.0 Å². The number of nitrogens with zero attached hydrogens (tertiary/aromatic N) is 1. The number of rotatable bonds is 5. The van der Waals surface area contributed by atoms with Crippen molar-refractivity contribution in [3.63, 3.8) is 0 Å². The Balaban J connectivity index is 1.72. The summed E-state index contributed by atoms with van der Waals surface area (Å²) in [7, 11) is 0. The van der Waals surface area contributed by atoms with Crippen molar-refractivity contribution >= 4 is 22.4 Å². The molecule has 0 bridgehead atoms. The second-order valence-corrected chi connectivity index (χ2v) is 6.82. The van der Waals surface area contributed by atoms with E-state index in [2.05, 4.69) is 10.3 Å². The third-order valence-electron chi connectivity index (χ3n) is 3.65. The summed E-state index contributed by atoms with van der Waals surface area (Å²) in [5.74, 6) is -1.61. The third kappa shape index (κ3) is 4.05. The van der Waals surface area contributed by atoms with Crippen molar-refractivity contribution in [2.75, 3.05) is 5.32 Å². The number of thiazole rings is 1. The van der Waals surface area contributed by atoms with E-state index in [1.54, 1.807) is 26.0 Å². The summed E-state index contributed by atoms with van der Waals surface area (Å²) in [6, 6.07) is 12.6. The fourth-order valence-electron chi connectivity index (χ4n) is 2.32. The predicted molar refractivity (Wildman–Crippen MR) is 97.4 cm³/mol. The summed E-state index contributed by atoms with van der Waals surface area (Å²) in [5, 5.41) is 3.07. The Morgan fingerprint density at radius 1 is 1.15 bits per heavy atom. The molecule has 0 aliphatic rings. The molecule has 0 spiro atoms. The number of aromatic nitrogens is 1. The molecule has 0 unspecified atom stereocenters. The normalized spacial score (nSPS) is 11.8. The smallest absolute Gasteiger partial charge is 0.266 e. The van der Waals surface area contributed by atoms with Crippen LogP contribution in [0.25, 0.3) is 11.3 Å². The highest BCUT2D eigenvalue weighted by atomic mass is 32.1. The highest BCUT2D eigenvalue weighted by molar-refractivity contribution is 7.16.